The number of carbonyl (C=O) groups excluding carboxylic acids is 1. The number of aromatic nitrogens is 2. The van der Waals surface area contributed by atoms with Crippen molar-refractivity contribution in [2.24, 2.45) is 7.05 Å². The molecule has 14 heavy (non-hydrogen) atoms. The topological polar surface area (TPSA) is 34.9 Å². The van der Waals surface area contributed by atoms with E-state index in [9.17, 15) is 4.79 Å². The van der Waals surface area contributed by atoms with Gasteiger partial charge in [-0.3, -0.25) is 9.48 Å². The van der Waals surface area contributed by atoms with Gasteiger partial charge >= 0.3 is 0 Å². The van der Waals surface area contributed by atoms with E-state index in [-0.39, 0.29) is 5.78 Å². The van der Waals surface area contributed by atoms with E-state index in [1.54, 1.807) is 10.9 Å². The zero-order valence-electron chi connectivity index (χ0n) is 9.00. The second-order valence-corrected chi connectivity index (χ2v) is 3.57. The highest BCUT2D eigenvalue weighted by Gasteiger charge is 2.13. The Morgan fingerprint density at radius 3 is 2.79 bits per heavy atom. The van der Waals surface area contributed by atoms with Crippen LogP contribution in [0.4, 0.5) is 0 Å². The highest BCUT2D eigenvalue weighted by atomic mass is 16.1. The molecule has 1 aromatic heterocycles. The summed E-state index contributed by atoms with van der Waals surface area (Å²) in [4.78, 5) is 11.7. The second-order valence-electron chi connectivity index (χ2n) is 3.57. The van der Waals surface area contributed by atoms with Crippen LogP contribution in [0.1, 0.15) is 36.3 Å². The molecular formula is C11H16N2O. The fourth-order valence-corrected chi connectivity index (χ4v) is 1.40. The van der Waals surface area contributed by atoms with E-state index in [1.807, 2.05) is 20.9 Å². The monoisotopic (exact) mass is 192 g/mol. The number of ketones is 1. The molecule has 0 unspecified atom stereocenters. The molecule has 0 fully saturated rings. The number of carbonyl (C=O) groups is 1. The molecule has 0 aromatic carbocycles. The maximum Gasteiger partial charge on any atom is 0.170 e. The number of Topliss-reactive ketones (excluding diaryl/α,β-unsaturated/α-hetero) is 1. The third-order valence-electron chi connectivity index (χ3n) is 2.00. The van der Waals surface area contributed by atoms with Crippen molar-refractivity contribution >= 4 is 5.78 Å². The van der Waals surface area contributed by atoms with E-state index in [4.69, 9.17) is 0 Å². The molecule has 0 aliphatic rings. The smallest absolute Gasteiger partial charge is 0.170 e. The van der Waals surface area contributed by atoms with Crippen LogP contribution in [0.15, 0.2) is 18.3 Å². The number of nitrogens with zero attached hydrogens (tertiary/aromatic N) is 2. The molecule has 0 saturated heterocycles. The summed E-state index contributed by atoms with van der Waals surface area (Å²) in [7, 11) is 1.83. The van der Waals surface area contributed by atoms with Crippen LogP contribution < -0.4 is 0 Å². The molecule has 0 amide bonds. The minimum atomic E-state index is 0.113. The summed E-state index contributed by atoms with van der Waals surface area (Å²) >= 11 is 0. The van der Waals surface area contributed by atoms with E-state index in [0.717, 1.165) is 23.3 Å². The number of rotatable bonds is 4. The van der Waals surface area contributed by atoms with Crippen LogP contribution in [0.25, 0.3) is 0 Å². The van der Waals surface area contributed by atoms with E-state index >= 15 is 0 Å². The normalized spacial score (nSPS) is 10.2. The summed E-state index contributed by atoms with van der Waals surface area (Å²) in [6.45, 7) is 7.60. The number of aryl methyl sites for hydroxylation is 2. The van der Waals surface area contributed by atoms with Gasteiger partial charge in [-0.2, -0.15) is 5.10 Å². The van der Waals surface area contributed by atoms with Crippen molar-refractivity contribution in [1.29, 1.82) is 0 Å². The van der Waals surface area contributed by atoms with Crippen molar-refractivity contribution in [2.45, 2.75) is 26.7 Å². The van der Waals surface area contributed by atoms with Crippen LogP contribution in [0.5, 0.6) is 0 Å². The maximum absolute atomic E-state index is 11.7. The van der Waals surface area contributed by atoms with Gasteiger partial charge in [-0.15, -0.1) is 0 Å². The molecule has 1 aromatic rings. The van der Waals surface area contributed by atoms with Gasteiger partial charge in [0.1, 0.15) is 0 Å². The molecule has 3 nitrogen and oxygen atoms in total. The average molecular weight is 192 g/mol. The summed E-state index contributed by atoms with van der Waals surface area (Å²) in [5, 5.41) is 4.22. The molecule has 0 atom stereocenters. The van der Waals surface area contributed by atoms with Gasteiger partial charge in [0.2, 0.25) is 0 Å². The van der Waals surface area contributed by atoms with Crippen molar-refractivity contribution < 1.29 is 4.79 Å². The van der Waals surface area contributed by atoms with Crippen LogP contribution in [0.2, 0.25) is 0 Å². The lowest BCUT2D eigenvalue weighted by atomic mass is 10.0. The van der Waals surface area contributed by atoms with Crippen LogP contribution in [0, 0.1) is 0 Å². The molecule has 76 valence electrons. The van der Waals surface area contributed by atoms with E-state index in [0.29, 0.717) is 6.42 Å². The standard InChI is InChI=1S/C11H16N2O/c1-5-10-9(7-13(4)12-10)11(14)6-8(2)3/h7H,2,5-6H2,1,3-4H3. The van der Waals surface area contributed by atoms with Gasteiger partial charge in [0.15, 0.2) is 5.78 Å². The molecule has 1 heterocycles. The van der Waals surface area contributed by atoms with Gasteiger partial charge in [0, 0.05) is 19.7 Å². The summed E-state index contributed by atoms with van der Waals surface area (Å²) in [6.07, 6.45) is 2.99. The lowest BCUT2D eigenvalue weighted by molar-refractivity contribution is 0.0992. The Morgan fingerprint density at radius 2 is 2.29 bits per heavy atom. The van der Waals surface area contributed by atoms with Crippen molar-refractivity contribution in [1.82, 2.24) is 9.78 Å². The fraction of sp³-hybridized carbons (Fsp3) is 0.455. The minimum Gasteiger partial charge on any atom is -0.294 e. The third-order valence-corrected chi connectivity index (χ3v) is 2.00. The van der Waals surface area contributed by atoms with Crippen LogP contribution in [-0.4, -0.2) is 15.6 Å². The summed E-state index contributed by atoms with van der Waals surface area (Å²) in [5.74, 6) is 0.113. The Balaban J connectivity index is 2.93. The first-order valence-corrected chi connectivity index (χ1v) is 4.74. The Morgan fingerprint density at radius 1 is 1.64 bits per heavy atom. The summed E-state index contributed by atoms with van der Waals surface area (Å²) in [6, 6.07) is 0. The number of hydrogen-bond donors (Lipinski definition) is 0. The molecule has 0 spiro atoms. The highest BCUT2D eigenvalue weighted by molar-refractivity contribution is 5.98. The van der Waals surface area contributed by atoms with E-state index in [1.165, 1.54) is 0 Å². The van der Waals surface area contributed by atoms with Crippen LogP contribution >= 0.6 is 0 Å². The molecule has 0 bridgehead atoms. The quantitative estimate of drug-likeness (QED) is 0.541. The molecule has 0 aliphatic carbocycles. The Labute approximate surface area is 84.4 Å². The van der Waals surface area contributed by atoms with Crippen molar-refractivity contribution in [3.63, 3.8) is 0 Å². The minimum absolute atomic E-state index is 0.113. The predicted molar refractivity (Wildman–Crippen MR) is 56.3 cm³/mol. The molecule has 1 rings (SSSR count). The van der Waals surface area contributed by atoms with Crippen molar-refractivity contribution in [3.8, 4) is 0 Å². The first-order chi connectivity index (χ1) is 6.54. The first-order valence-electron chi connectivity index (χ1n) is 4.74. The van der Waals surface area contributed by atoms with E-state index < -0.39 is 0 Å². The Hall–Kier alpha value is -1.38. The molecule has 0 N–H and O–H groups in total. The lowest BCUT2D eigenvalue weighted by Gasteiger charge is -1.98. The van der Waals surface area contributed by atoms with Crippen LogP contribution in [-0.2, 0) is 13.5 Å². The van der Waals surface area contributed by atoms with Gasteiger partial charge in [0.05, 0.1) is 11.3 Å². The van der Waals surface area contributed by atoms with Gasteiger partial charge in [0.25, 0.3) is 0 Å². The van der Waals surface area contributed by atoms with Crippen LogP contribution in [0.3, 0.4) is 0 Å². The molecule has 0 aliphatic heterocycles. The maximum atomic E-state index is 11.7. The zero-order chi connectivity index (χ0) is 10.7. The SMILES string of the molecule is C=C(C)CC(=O)c1cn(C)nc1CC. The zero-order valence-corrected chi connectivity index (χ0v) is 9.00. The number of allylic oxidation sites excluding steroid dienone is 1. The largest absolute Gasteiger partial charge is 0.294 e. The fourth-order valence-electron chi connectivity index (χ4n) is 1.40. The molecule has 0 saturated carbocycles. The summed E-state index contributed by atoms with van der Waals surface area (Å²) < 4.78 is 1.69. The molecular weight excluding hydrogens is 176 g/mol. The Kier molecular flexibility index (Phi) is 3.23. The van der Waals surface area contributed by atoms with Gasteiger partial charge < -0.3 is 0 Å². The predicted octanol–water partition coefficient (Wildman–Crippen LogP) is 2.13. The molecule has 3 heteroatoms. The first kappa shape index (κ1) is 10.7. The van der Waals surface area contributed by atoms with Gasteiger partial charge in [-0.05, 0) is 13.3 Å². The van der Waals surface area contributed by atoms with Gasteiger partial charge in [-0.25, -0.2) is 0 Å². The summed E-state index contributed by atoms with van der Waals surface area (Å²) in [5.41, 5.74) is 2.50. The van der Waals surface area contributed by atoms with E-state index in [2.05, 4.69) is 11.7 Å². The van der Waals surface area contributed by atoms with Crippen molar-refractivity contribution in [3.05, 3.63) is 29.6 Å². The van der Waals surface area contributed by atoms with Gasteiger partial charge in [-0.1, -0.05) is 19.1 Å². The number of hydrogen-bond acceptors (Lipinski definition) is 2. The average Bonchev–Trinajstić information content (AvgIpc) is 2.45. The lowest BCUT2D eigenvalue weighted by Crippen LogP contribution is -2.01. The molecule has 0 radical (unpaired) electrons. The highest BCUT2D eigenvalue weighted by Crippen LogP contribution is 2.12. The Bertz CT molecular complexity index is 363. The van der Waals surface area contributed by atoms with Crippen molar-refractivity contribution in [2.75, 3.05) is 0 Å². The second kappa shape index (κ2) is 4.22. The third kappa shape index (κ3) is 2.31.